The van der Waals surface area contributed by atoms with E-state index in [4.69, 9.17) is 11.6 Å². The van der Waals surface area contributed by atoms with E-state index in [9.17, 15) is 13.2 Å². The summed E-state index contributed by atoms with van der Waals surface area (Å²) in [7, 11) is 0. The molecule has 0 aliphatic carbocycles. The van der Waals surface area contributed by atoms with Gasteiger partial charge in [-0.2, -0.15) is 13.2 Å². The molecule has 84 valence electrons. The van der Waals surface area contributed by atoms with Crippen LogP contribution in [0, 0.1) is 5.92 Å². The molecule has 0 spiro atoms. The Morgan fingerprint density at radius 2 is 2.00 bits per heavy atom. The fourth-order valence-electron chi connectivity index (χ4n) is 1.27. The van der Waals surface area contributed by atoms with E-state index in [0.29, 0.717) is 12.3 Å². The Hall–Kier alpha value is -0.770. The van der Waals surface area contributed by atoms with E-state index < -0.39 is 11.9 Å². The van der Waals surface area contributed by atoms with Crippen molar-refractivity contribution in [1.29, 1.82) is 0 Å². The van der Waals surface area contributed by atoms with Crippen molar-refractivity contribution in [3.8, 4) is 0 Å². The van der Waals surface area contributed by atoms with Gasteiger partial charge in [0, 0.05) is 6.20 Å². The van der Waals surface area contributed by atoms with E-state index in [1.165, 1.54) is 12.3 Å². The number of aromatic nitrogens is 1. The molecule has 0 unspecified atom stereocenters. The Bertz CT molecular complexity index is 347. The summed E-state index contributed by atoms with van der Waals surface area (Å²) in [6.45, 7) is 3.96. The van der Waals surface area contributed by atoms with Crippen LogP contribution in [-0.4, -0.2) is 4.98 Å². The number of nitrogens with zero attached hydrogens (tertiary/aromatic N) is 1. The van der Waals surface area contributed by atoms with Crippen molar-refractivity contribution in [1.82, 2.24) is 4.98 Å². The molecule has 5 heteroatoms. The quantitative estimate of drug-likeness (QED) is 0.759. The highest BCUT2D eigenvalue weighted by Gasteiger charge is 2.35. The number of hydrogen-bond acceptors (Lipinski definition) is 1. The van der Waals surface area contributed by atoms with Crippen LogP contribution in [0.5, 0.6) is 0 Å². The van der Waals surface area contributed by atoms with Crippen molar-refractivity contribution < 1.29 is 13.2 Å². The van der Waals surface area contributed by atoms with Crippen LogP contribution in [0.25, 0.3) is 0 Å². The fourth-order valence-corrected chi connectivity index (χ4v) is 1.57. The monoisotopic (exact) mass is 237 g/mol. The molecule has 0 amide bonds. The largest absolute Gasteiger partial charge is 0.434 e. The summed E-state index contributed by atoms with van der Waals surface area (Å²) in [6, 6.07) is 1.33. The van der Waals surface area contributed by atoms with E-state index in [1.54, 1.807) is 0 Å². The van der Waals surface area contributed by atoms with E-state index >= 15 is 0 Å². The molecule has 0 saturated heterocycles. The van der Waals surface area contributed by atoms with Gasteiger partial charge in [0.25, 0.3) is 0 Å². The molecule has 0 atom stereocenters. The molecule has 1 aromatic rings. The van der Waals surface area contributed by atoms with E-state index in [-0.39, 0.29) is 5.02 Å². The van der Waals surface area contributed by atoms with Gasteiger partial charge < -0.3 is 0 Å². The molecular weight excluding hydrogens is 227 g/mol. The van der Waals surface area contributed by atoms with Crippen LogP contribution in [0.15, 0.2) is 12.3 Å². The molecule has 0 aliphatic rings. The minimum atomic E-state index is -4.48. The summed E-state index contributed by atoms with van der Waals surface area (Å²) in [5.74, 6) is 0.361. The molecule has 1 rings (SSSR count). The average molecular weight is 238 g/mol. The van der Waals surface area contributed by atoms with Gasteiger partial charge in [0.05, 0.1) is 5.02 Å². The predicted molar refractivity (Wildman–Crippen MR) is 52.8 cm³/mol. The van der Waals surface area contributed by atoms with E-state index in [0.717, 1.165) is 5.56 Å². The van der Waals surface area contributed by atoms with Crippen molar-refractivity contribution in [2.75, 3.05) is 0 Å². The second-order valence-electron chi connectivity index (χ2n) is 3.77. The molecule has 0 bridgehead atoms. The molecule has 0 fully saturated rings. The number of hydrogen-bond donors (Lipinski definition) is 0. The van der Waals surface area contributed by atoms with Gasteiger partial charge in [-0.1, -0.05) is 25.4 Å². The second-order valence-corrected chi connectivity index (χ2v) is 4.18. The van der Waals surface area contributed by atoms with Crippen LogP contribution in [0.4, 0.5) is 13.2 Å². The maximum atomic E-state index is 12.3. The summed E-state index contributed by atoms with van der Waals surface area (Å²) in [5.41, 5.74) is -0.292. The summed E-state index contributed by atoms with van der Waals surface area (Å²) in [4.78, 5) is 3.35. The lowest BCUT2D eigenvalue weighted by molar-refractivity contribution is -0.141. The van der Waals surface area contributed by atoms with Gasteiger partial charge in [-0.3, -0.25) is 4.98 Å². The van der Waals surface area contributed by atoms with Crippen LogP contribution < -0.4 is 0 Å². The molecule has 1 heterocycles. The number of halogens is 4. The molecule has 0 aromatic carbocycles. The molecule has 1 aromatic heterocycles. The lowest BCUT2D eigenvalue weighted by Gasteiger charge is -2.10. The van der Waals surface area contributed by atoms with Gasteiger partial charge in [0.15, 0.2) is 5.69 Å². The van der Waals surface area contributed by atoms with E-state index in [1.807, 2.05) is 13.8 Å². The third-order valence-corrected chi connectivity index (χ3v) is 2.10. The summed E-state index contributed by atoms with van der Waals surface area (Å²) < 4.78 is 36.9. The molecule has 0 aliphatic heterocycles. The zero-order valence-electron chi connectivity index (χ0n) is 8.40. The zero-order valence-corrected chi connectivity index (χ0v) is 9.15. The van der Waals surface area contributed by atoms with Crippen molar-refractivity contribution in [3.63, 3.8) is 0 Å². The van der Waals surface area contributed by atoms with Crippen LogP contribution in [-0.2, 0) is 12.6 Å². The SMILES string of the molecule is CC(C)Cc1cnc(C(F)(F)F)c(Cl)c1. The molecule has 0 radical (unpaired) electrons. The van der Waals surface area contributed by atoms with Gasteiger partial charge in [0.1, 0.15) is 0 Å². The summed E-state index contributed by atoms with van der Waals surface area (Å²) in [6.07, 6.45) is -2.58. The Morgan fingerprint density at radius 3 is 2.40 bits per heavy atom. The Labute approximate surface area is 91.3 Å². The minimum absolute atomic E-state index is 0.333. The maximum absolute atomic E-state index is 12.3. The molecule has 1 nitrogen and oxygen atoms in total. The van der Waals surface area contributed by atoms with Crippen molar-refractivity contribution in [2.45, 2.75) is 26.4 Å². The summed E-state index contributed by atoms with van der Waals surface area (Å²) >= 11 is 5.51. The first-order valence-electron chi connectivity index (χ1n) is 4.52. The fraction of sp³-hybridized carbons (Fsp3) is 0.500. The molecule has 15 heavy (non-hydrogen) atoms. The van der Waals surface area contributed by atoms with Crippen molar-refractivity contribution in [3.05, 3.63) is 28.5 Å². The highest BCUT2D eigenvalue weighted by atomic mass is 35.5. The Kier molecular flexibility index (Phi) is 3.60. The highest BCUT2D eigenvalue weighted by Crippen LogP contribution is 2.33. The molecular formula is C10H11ClF3N. The minimum Gasteiger partial charge on any atom is -0.250 e. The van der Waals surface area contributed by atoms with Crippen LogP contribution in [0.1, 0.15) is 25.1 Å². The first-order valence-corrected chi connectivity index (χ1v) is 4.90. The smallest absolute Gasteiger partial charge is 0.250 e. The van der Waals surface area contributed by atoms with Crippen LogP contribution >= 0.6 is 11.6 Å². The van der Waals surface area contributed by atoms with Crippen LogP contribution in [0.3, 0.4) is 0 Å². The standard InChI is InChI=1S/C10H11ClF3N/c1-6(2)3-7-4-8(11)9(15-5-7)10(12,13)14/h4-6H,3H2,1-2H3. The van der Waals surface area contributed by atoms with Crippen LogP contribution in [0.2, 0.25) is 5.02 Å². The molecule has 0 saturated carbocycles. The van der Waals surface area contributed by atoms with Gasteiger partial charge in [0.2, 0.25) is 0 Å². The van der Waals surface area contributed by atoms with Gasteiger partial charge in [-0.15, -0.1) is 0 Å². The summed E-state index contributed by atoms with van der Waals surface area (Å²) in [5, 5.41) is -0.333. The van der Waals surface area contributed by atoms with Crippen molar-refractivity contribution >= 4 is 11.6 Å². The van der Waals surface area contributed by atoms with Gasteiger partial charge in [-0.25, -0.2) is 0 Å². The number of rotatable bonds is 2. The highest BCUT2D eigenvalue weighted by molar-refractivity contribution is 6.31. The van der Waals surface area contributed by atoms with Crippen molar-refractivity contribution in [2.24, 2.45) is 5.92 Å². The Balaban J connectivity index is 2.99. The second kappa shape index (κ2) is 4.39. The number of pyridine rings is 1. The Morgan fingerprint density at radius 1 is 1.40 bits per heavy atom. The first kappa shape index (κ1) is 12.3. The van der Waals surface area contributed by atoms with Gasteiger partial charge >= 0.3 is 6.18 Å². The predicted octanol–water partition coefficient (Wildman–Crippen LogP) is 3.95. The van der Waals surface area contributed by atoms with E-state index in [2.05, 4.69) is 4.98 Å². The number of alkyl halides is 3. The first-order chi connectivity index (χ1) is 6.80. The third-order valence-electron chi connectivity index (χ3n) is 1.81. The maximum Gasteiger partial charge on any atom is 0.434 e. The zero-order chi connectivity index (χ0) is 11.6. The topological polar surface area (TPSA) is 12.9 Å². The normalized spacial score (nSPS) is 12.2. The lowest BCUT2D eigenvalue weighted by Crippen LogP contribution is -2.09. The molecule has 0 N–H and O–H groups in total. The lowest BCUT2D eigenvalue weighted by atomic mass is 10.0. The average Bonchev–Trinajstić information content (AvgIpc) is 1.99. The van der Waals surface area contributed by atoms with Gasteiger partial charge in [-0.05, 0) is 24.0 Å². The third kappa shape index (κ3) is 3.38.